The lowest BCUT2D eigenvalue weighted by atomic mass is 9.68. The van der Waals surface area contributed by atoms with E-state index >= 15 is 0 Å². The maximum Gasteiger partial charge on any atom is 0.416 e. The van der Waals surface area contributed by atoms with Crippen molar-refractivity contribution in [2.45, 2.75) is 28.8 Å². The highest BCUT2D eigenvalue weighted by atomic mass is 32.2. The van der Waals surface area contributed by atoms with Crippen molar-refractivity contribution in [3.8, 4) is 0 Å². The summed E-state index contributed by atoms with van der Waals surface area (Å²) in [5.74, 6) is -2.83. The molecule has 3 aromatic rings. The summed E-state index contributed by atoms with van der Waals surface area (Å²) >= 11 is 2.77. The van der Waals surface area contributed by atoms with E-state index in [0.29, 0.717) is 0 Å². The van der Waals surface area contributed by atoms with Gasteiger partial charge in [-0.1, -0.05) is 47.7 Å². The fourth-order valence-corrected chi connectivity index (χ4v) is 10.3. The lowest BCUT2D eigenvalue weighted by Gasteiger charge is -2.43. The molecule has 7 atom stereocenters. The molecule has 7 nitrogen and oxygen atoms in total. The number of amides is 3. The molecule has 2 bridgehead atoms. The Hall–Kier alpha value is -3.38. The van der Waals surface area contributed by atoms with Crippen LogP contribution in [0.25, 0.3) is 0 Å². The first kappa shape index (κ1) is 25.6. The zero-order valence-corrected chi connectivity index (χ0v) is 22.3. The van der Waals surface area contributed by atoms with Crippen molar-refractivity contribution in [1.29, 1.82) is 0 Å². The predicted molar refractivity (Wildman–Crippen MR) is 142 cm³/mol. The molecule has 3 amide bonds. The molecule has 2 aromatic carbocycles. The number of alkyl halides is 3. The second-order valence-corrected chi connectivity index (χ2v) is 13.0. The van der Waals surface area contributed by atoms with Gasteiger partial charge in [0.25, 0.3) is 0 Å². The van der Waals surface area contributed by atoms with Gasteiger partial charge in [0.15, 0.2) is 0 Å². The minimum Gasteiger partial charge on any atom is -0.325 e. The number of aromatic amines is 1. The summed E-state index contributed by atoms with van der Waals surface area (Å²) in [4.78, 5) is 57.1. The van der Waals surface area contributed by atoms with Crippen molar-refractivity contribution in [3.63, 3.8) is 0 Å². The number of aromatic nitrogens is 1. The Morgan fingerprint density at radius 3 is 2.45 bits per heavy atom. The molecule has 1 aromatic heterocycles. The molecule has 7 rings (SSSR count). The molecule has 2 aliphatic carbocycles. The monoisotopic (exact) mass is 585 g/mol. The number of benzene rings is 2. The van der Waals surface area contributed by atoms with Crippen LogP contribution < -0.4 is 10.2 Å². The Morgan fingerprint density at radius 1 is 1.00 bits per heavy atom. The first-order valence-electron chi connectivity index (χ1n) is 12.9. The zero-order valence-electron chi connectivity index (χ0n) is 20.7. The number of nitrogens with one attached hydrogen (secondary N) is 2. The van der Waals surface area contributed by atoms with Crippen LogP contribution in [-0.4, -0.2) is 39.4 Å². The first-order chi connectivity index (χ1) is 19.1. The van der Waals surface area contributed by atoms with E-state index < -0.39 is 47.8 Å². The first-order valence-corrected chi connectivity index (χ1v) is 14.6. The lowest BCUT2D eigenvalue weighted by Crippen LogP contribution is -2.42. The molecule has 6 unspecified atom stereocenters. The topological polar surface area (TPSA) is 99.3 Å². The summed E-state index contributed by atoms with van der Waals surface area (Å²) in [6, 6.07) is 14.1. The highest BCUT2D eigenvalue weighted by Crippen LogP contribution is 2.68. The van der Waals surface area contributed by atoms with E-state index in [2.05, 4.69) is 10.3 Å². The Bertz CT molecular complexity index is 1600. The van der Waals surface area contributed by atoms with E-state index in [4.69, 9.17) is 0 Å². The van der Waals surface area contributed by atoms with Crippen LogP contribution in [0.5, 0.6) is 0 Å². The van der Waals surface area contributed by atoms with Crippen LogP contribution in [0.2, 0.25) is 0 Å². The molecule has 4 aliphatic rings. The van der Waals surface area contributed by atoms with Gasteiger partial charge in [0.2, 0.25) is 17.7 Å². The van der Waals surface area contributed by atoms with Crippen molar-refractivity contribution >= 4 is 46.5 Å². The van der Waals surface area contributed by atoms with Gasteiger partial charge in [-0.3, -0.25) is 24.1 Å². The normalized spacial score (nSPS) is 30.3. The van der Waals surface area contributed by atoms with Gasteiger partial charge in [0.1, 0.15) is 6.54 Å². The average Bonchev–Trinajstić information content (AvgIpc) is 3.65. The van der Waals surface area contributed by atoms with Crippen LogP contribution in [-0.2, 0) is 20.6 Å². The van der Waals surface area contributed by atoms with Gasteiger partial charge in [-0.2, -0.15) is 13.2 Å². The third kappa shape index (κ3) is 3.87. The number of halogens is 3. The van der Waals surface area contributed by atoms with E-state index in [-0.39, 0.29) is 39.5 Å². The number of hydrogen-bond acceptors (Lipinski definition) is 6. The third-order valence-corrected chi connectivity index (χ3v) is 11.3. The Balaban J connectivity index is 1.15. The number of hydrogen-bond donors (Lipinski definition) is 2. The molecule has 2 N–H and O–H groups in total. The predicted octanol–water partition coefficient (Wildman–Crippen LogP) is 4.57. The molecule has 3 fully saturated rings. The number of anilines is 1. The number of carbonyl (C=O) groups is 3. The molecule has 40 heavy (non-hydrogen) atoms. The van der Waals surface area contributed by atoms with Crippen LogP contribution >= 0.6 is 23.1 Å². The van der Waals surface area contributed by atoms with Crippen LogP contribution in [0.3, 0.4) is 0 Å². The van der Waals surface area contributed by atoms with Crippen LogP contribution in [0.1, 0.15) is 28.3 Å². The Morgan fingerprint density at radius 2 is 1.73 bits per heavy atom. The Kier molecular flexibility index (Phi) is 5.80. The van der Waals surface area contributed by atoms with Crippen LogP contribution in [0.15, 0.2) is 64.4 Å². The van der Waals surface area contributed by atoms with Crippen molar-refractivity contribution < 1.29 is 27.6 Å². The SMILES string of the molecule is O=C(CN1C(=O)C2C3CC(C2C1=O)C1C3Sc2[nH]c(=O)sc2[C@@H]1c1ccccc1)Nc1cccc(C(F)(F)F)c1. The molecule has 2 saturated carbocycles. The van der Waals surface area contributed by atoms with E-state index in [1.54, 1.807) is 11.8 Å². The van der Waals surface area contributed by atoms with Gasteiger partial charge in [0.05, 0.1) is 22.4 Å². The van der Waals surface area contributed by atoms with E-state index in [1.165, 1.54) is 23.5 Å². The standard InChI is InChI=1S/C28H22F3N3O4S2/c29-28(30,31)13-7-4-8-14(9-13)32-17(35)11-34-25(36)20-15-10-16(21(20)26(34)37)22-19(15)18(12-5-2-1-3-6-12)23-24(39-22)33-27(38)40-23/h1-9,15-16,18-22H,10-11H2,(H,32,35)(H,33,38)/t15?,16?,18-,19?,20?,21?,22?/m1/s1. The summed E-state index contributed by atoms with van der Waals surface area (Å²) in [5, 5.41) is 3.25. The van der Waals surface area contributed by atoms with Crippen molar-refractivity contribution in [2.75, 3.05) is 11.9 Å². The highest BCUT2D eigenvalue weighted by Gasteiger charge is 2.69. The second kappa shape index (κ2) is 9.07. The van der Waals surface area contributed by atoms with Gasteiger partial charge >= 0.3 is 11.0 Å². The minimum atomic E-state index is -4.57. The fraction of sp³-hybridized carbons (Fsp3) is 0.357. The highest BCUT2D eigenvalue weighted by molar-refractivity contribution is 8.00. The van der Waals surface area contributed by atoms with Gasteiger partial charge < -0.3 is 10.3 Å². The summed E-state index contributed by atoms with van der Waals surface area (Å²) < 4.78 is 39.2. The number of H-pyrrole nitrogens is 1. The number of fused-ring (bicyclic) bond motifs is 9. The van der Waals surface area contributed by atoms with Crippen LogP contribution in [0.4, 0.5) is 18.9 Å². The molecular weight excluding hydrogens is 563 g/mol. The number of carbonyl (C=O) groups excluding carboxylic acids is 3. The largest absolute Gasteiger partial charge is 0.416 e. The summed E-state index contributed by atoms with van der Waals surface area (Å²) in [6.45, 7) is -0.550. The quantitative estimate of drug-likeness (QED) is 0.438. The lowest BCUT2D eigenvalue weighted by molar-refractivity contribution is -0.143. The fourth-order valence-electron chi connectivity index (χ4n) is 7.39. The molecule has 3 heterocycles. The number of imide groups is 1. The average molecular weight is 586 g/mol. The van der Waals surface area contributed by atoms with Gasteiger partial charge in [-0.15, -0.1) is 11.8 Å². The van der Waals surface area contributed by atoms with E-state index in [1.807, 2.05) is 30.3 Å². The maximum atomic E-state index is 13.6. The van der Waals surface area contributed by atoms with Crippen molar-refractivity contribution in [3.05, 3.63) is 80.3 Å². The molecule has 0 spiro atoms. The van der Waals surface area contributed by atoms with Crippen molar-refractivity contribution in [2.24, 2.45) is 29.6 Å². The summed E-state index contributed by atoms with van der Waals surface area (Å²) in [6.07, 6.45) is -3.84. The smallest absolute Gasteiger partial charge is 0.325 e. The maximum absolute atomic E-state index is 13.6. The number of rotatable bonds is 4. The summed E-state index contributed by atoms with van der Waals surface area (Å²) in [5.41, 5.74) is 0.0904. The van der Waals surface area contributed by atoms with Gasteiger partial charge in [-0.05, 0) is 47.9 Å². The third-order valence-electron chi connectivity index (χ3n) is 8.75. The van der Waals surface area contributed by atoms with Gasteiger partial charge in [-0.25, -0.2) is 0 Å². The number of nitrogens with zero attached hydrogens (tertiary/aromatic N) is 1. The zero-order chi connectivity index (χ0) is 27.9. The molecule has 206 valence electrons. The molecule has 12 heteroatoms. The van der Waals surface area contributed by atoms with Crippen LogP contribution in [0, 0.1) is 29.6 Å². The molecule has 0 radical (unpaired) electrons. The molecule has 1 saturated heterocycles. The Labute approximate surface area is 234 Å². The molecule has 2 aliphatic heterocycles. The minimum absolute atomic E-state index is 0.0323. The van der Waals surface area contributed by atoms with E-state index in [9.17, 15) is 32.3 Å². The number of thiazole rings is 1. The number of likely N-dealkylation sites (tertiary alicyclic amines) is 1. The van der Waals surface area contributed by atoms with Gasteiger partial charge in [0, 0.05) is 21.7 Å². The van der Waals surface area contributed by atoms with Crippen molar-refractivity contribution in [1.82, 2.24) is 9.88 Å². The number of thioether (sulfide) groups is 1. The van der Waals surface area contributed by atoms with E-state index in [0.717, 1.165) is 38.9 Å². The summed E-state index contributed by atoms with van der Waals surface area (Å²) in [7, 11) is 0. The second-order valence-electron chi connectivity index (χ2n) is 10.8. The molecular formula is C28H22F3N3O4S2.